The van der Waals surface area contributed by atoms with E-state index in [9.17, 15) is 0 Å². The van der Waals surface area contributed by atoms with Gasteiger partial charge in [-0.1, -0.05) is 41.9 Å². The van der Waals surface area contributed by atoms with Crippen molar-refractivity contribution >= 4 is 28.0 Å². The van der Waals surface area contributed by atoms with Crippen LogP contribution in [0.5, 0.6) is 0 Å². The molecule has 0 spiro atoms. The summed E-state index contributed by atoms with van der Waals surface area (Å²) in [5.41, 5.74) is 3.92. The Morgan fingerprint density at radius 3 is 2.86 bits per heavy atom. The molecule has 1 aromatic heterocycles. The highest BCUT2D eigenvalue weighted by atomic mass is 79.9. The maximum absolute atomic E-state index is 9.14. The summed E-state index contributed by atoms with van der Waals surface area (Å²) < 4.78 is 6.62. The van der Waals surface area contributed by atoms with Crippen LogP contribution in [0.15, 0.2) is 38.3 Å². The lowest BCUT2D eigenvalue weighted by Crippen LogP contribution is -1.95. The Labute approximate surface area is 138 Å². The number of anilines is 1. The van der Waals surface area contributed by atoms with Crippen molar-refractivity contribution in [2.24, 2.45) is 5.10 Å². The minimum atomic E-state index is 0.219. The first kappa shape index (κ1) is 16.2. The fraction of sp³-hybridized carbons (Fsp3) is 0.312. The Bertz CT molecular complexity index is 698. The summed E-state index contributed by atoms with van der Waals surface area (Å²) in [6.07, 6.45) is 3.50. The molecule has 0 fully saturated rings. The van der Waals surface area contributed by atoms with E-state index < -0.39 is 0 Å². The van der Waals surface area contributed by atoms with Gasteiger partial charge in [0.05, 0.1) is 6.21 Å². The minimum absolute atomic E-state index is 0.219. The van der Waals surface area contributed by atoms with E-state index in [1.807, 2.05) is 30.3 Å². The summed E-state index contributed by atoms with van der Waals surface area (Å²) in [6.45, 7) is 4.14. The highest BCUT2D eigenvalue weighted by molar-refractivity contribution is 9.10. The van der Waals surface area contributed by atoms with Crippen LogP contribution in [0.25, 0.3) is 0 Å². The van der Waals surface area contributed by atoms with Gasteiger partial charge in [-0.2, -0.15) is 10.4 Å². The SMILES string of the molecule is CCC(CC)c1nc(C#N)c(NN=Cc2cccc(Br)c2)o1. The highest BCUT2D eigenvalue weighted by Gasteiger charge is 2.18. The highest BCUT2D eigenvalue weighted by Crippen LogP contribution is 2.27. The molecular formula is C16H17BrN4O. The molecule has 114 valence electrons. The van der Waals surface area contributed by atoms with E-state index >= 15 is 0 Å². The van der Waals surface area contributed by atoms with Crippen molar-refractivity contribution in [3.05, 3.63) is 45.9 Å². The molecular weight excluding hydrogens is 344 g/mol. The van der Waals surface area contributed by atoms with Crippen LogP contribution >= 0.6 is 15.9 Å². The average molecular weight is 361 g/mol. The average Bonchev–Trinajstić information content (AvgIpc) is 2.92. The van der Waals surface area contributed by atoms with Crippen LogP contribution in [0.4, 0.5) is 5.88 Å². The number of nitrogens with zero attached hydrogens (tertiary/aromatic N) is 3. The monoisotopic (exact) mass is 360 g/mol. The fourth-order valence-corrected chi connectivity index (χ4v) is 2.47. The second kappa shape index (κ2) is 7.76. The third kappa shape index (κ3) is 3.95. The van der Waals surface area contributed by atoms with Gasteiger partial charge in [0, 0.05) is 10.4 Å². The van der Waals surface area contributed by atoms with Gasteiger partial charge >= 0.3 is 0 Å². The molecule has 0 atom stereocenters. The van der Waals surface area contributed by atoms with E-state index in [4.69, 9.17) is 9.68 Å². The van der Waals surface area contributed by atoms with Gasteiger partial charge in [-0.15, -0.1) is 0 Å². The van der Waals surface area contributed by atoms with Crippen LogP contribution in [-0.4, -0.2) is 11.2 Å². The molecule has 0 saturated heterocycles. The Morgan fingerprint density at radius 1 is 1.45 bits per heavy atom. The number of rotatable bonds is 6. The van der Waals surface area contributed by atoms with Crippen molar-refractivity contribution in [1.82, 2.24) is 4.98 Å². The molecule has 0 aliphatic heterocycles. The van der Waals surface area contributed by atoms with Crippen LogP contribution in [0, 0.1) is 11.3 Å². The molecule has 2 rings (SSSR count). The van der Waals surface area contributed by atoms with Gasteiger partial charge in [-0.3, -0.25) is 0 Å². The molecule has 1 N–H and O–H groups in total. The summed E-state index contributed by atoms with van der Waals surface area (Å²) in [4.78, 5) is 4.24. The number of oxazole rings is 1. The zero-order valence-corrected chi connectivity index (χ0v) is 14.1. The Morgan fingerprint density at radius 2 is 2.23 bits per heavy atom. The predicted octanol–water partition coefficient (Wildman–Crippen LogP) is 4.66. The number of hydrazone groups is 1. The fourth-order valence-electron chi connectivity index (χ4n) is 2.05. The molecule has 1 heterocycles. The molecule has 6 heteroatoms. The van der Waals surface area contributed by atoms with Crippen molar-refractivity contribution in [2.45, 2.75) is 32.6 Å². The number of halogens is 1. The van der Waals surface area contributed by atoms with E-state index in [1.165, 1.54) is 0 Å². The lowest BCUT2D eigenvalue weighted by molar-refractivity contribution is 0.439. The van der Waals surface area contributed by atoms with E-state index in [2.05, 4.69) is 45.3 Å². The second-order valence-electron chi connectivity index (χ2n) is 4.78. The van der Waals surface area contributed by atoms with Crippen LogP contribution in [0.1, 0.15) is 49.8 Å². The Balaban J connectivity index is 2.14. The molecule has 0 radical (unpaired) electrons. The van der Waals surface area contributed by atoms with Crippen LogP contribution < -0.4 is 5.43 Å². The maximum atomic E-state index is 9.14. The minimum Gasteiger partial charge on any atom is -0.422 e. The first-order valence-electron chi connectivity index (χ1n) is 7.13. The van der Waals surface area contributed by atoms with Gasteiger partial charge in [0.15, 0.2) is 0 Å². The standard InChI is InChI=1S/C16H17BrN4O/c1-3-12(4-2)15-20-14(9-18)16(22-15)21-19-10-11-6-5-7-13(17)8-11/h5-8,10,12,21H,3-4H2,1-2H3. The Hall–Kier alpha value is -2.13. The van der Waals surface area contributed by atoms with Crippen molar-refractivity contribution in [1.29, 1.82) is 5.26 Å². The second-order valence-corrected chi connectivity index (χ2v) is 5.70. The lowest BCUT2D eigenvalue weighted by atomic mass is 10.0. The number of nitrogens with one attached hydrogen (secondary N) is 1. The van der Waals surface area contributed by atoms with Crippen LogP contribution in [0.2, 0.25) is 0 Å². The zero-order chi connectivity index (χ0) is 15.9. The van der Waals surface area contributed by atoms with Crippen molar-refractivity contribution in [2.75, 3.05) is 5.43 Å². The zero-order valence-electron chi connectivity index (χ0n) is 12.5. The molecule has 0 saturated carbocycles. The summed E-state index contributed by atoms with van der Waals surface area (Å²) in [5.74, 6) is 1.09. The maximum Gasteiger partial charge on any atom is 0.252 e. The molecule has 0 bridgehead atoms. The summed E-state index contributed by atoms with van der Waals surface area (Å²) in [6, 6.07) is 9.76. The van der Waals surface area contributed by atoms with Gasteiger partial charge in [0.1, 0.15) is 6.07 Å². The number of hydrogen-bond acceptors (Lipinski definition) is 5. The summed E-state index contributed by atoms with van der Waals surface area (Å²) >= 11 is 3.40. The topological polar surface area (TPSA) is 74.2 Å². The van der Waals surface area contributed by atoms with E-state index in [0.717, 1.165) is 22.9 Å². The third-order valence-corrected chi connectivity index (χ3v) is 3.81. The molecule has 0 aliphatic carbocycles. The van der Waals surface area contributed by atoms with Gasteiger partial charge < -0.3 is 4.42 Å². The molecule has 1 aromatic carbocycles. The van der Waals surface area contributed by atoms with E-state index in [-0.39, 0.29) is 17.5 Å². The first-order chi connectivity index (χ1) is 10.7. The number of aromatic nitrogens is 1. The molecule has 0 amide bonds. The van der Waals surface area contributed by atoms with Gasteiger partial charge in [-0.05, 0) is 30.5 Å². The smallest absolute Gasteiger partial charge is 0.252 e. The lowest BCUT2D eigenvalue weighted by Gasteiger charge is -2.05. The molecule has 5 nitrogen and oxygen atoms in total. The summed E-state index contributed by atoms with van der Waals surface area (Å²) in [5, 5.41) is 13.2. The number of hydrogen-bond donors (Lipinski definition) is 1. The van der Waals surface area contributed by atoms with Crippen molar-refractivity contribution in [3.8, 4) is 6.07 Å². The van der Waals surface area contributed by atoms with Crippen LogP contribution in [0.3, 0.4) is 0 Å². The molecule has 0 aliphatic rings. The Kier molecular flexibility index (Phi) is 5.73. The first-order valence-corrected chi connectivity index (χ1v) is 7.92. The quantitative estimate of drug-likeness (QED) is 0.600. The normalized spacial score (nSPS) is 11.0. The van der Waals surface area contributed by atoms with E-state index in [1.54, 1.807) is 6.21 Å². The summed E-state index contributed by atoms with van der Waals surface area (Å²) in [7, 11) is 0. The largest absolute Gasteiger partial charge is 0.422 e. The molecule has 0 unspecified atom stereocenters. The van der Waals surface area contributed by atoms with Gasteiger partial charge in [-0.25, -0.2) is 10.4 Å². The number of benzene rings is 1. The molecule has 2 aromatic rings. The molecule has 22 heavy (non-hydrogen) atoms. The van der Waals surface area contributed by atoms with Gasteiger partial charge in [0.25, 0.3) is 5.88 Å². The number of nitriles is 1. The van der Waals surface area contributed by atoms with Crippen molar-refractivity contribution in [3.63, 3.8) is 0 Å². The van der Waals surface area contributed by atoms with Gasteiger partial charge in [0.2, 0.25) is 11.6 Å². The van der Waals surface area contributed by atoms with E-state index in [0.29, 0.717) is 5.89 Å². The third-order valence-electron chi connectivity index (χ3n) is 3.31. The predicted molar refractivity (Wildman–Crippen MR) is 89.9 cm³/mol. The van der Waals surface area contributed by atoms with Crippen LogP contribution in [-0.2, 0) is 0 Å². The van der Waals surface area contributed by atoms with Crippen molar-refractivity contribution < 1.29 is 4.42 Å².